The molecule has 0 aromatic heterocycles. The highest BCUT2D eigenvalue weighted by atomic mass is 79.9. The molecular formula is C20H21BrClFN4O. The number of hydrogen-bond donors (Lipinski definition) is 1. The lowest BCUT2D eigenvalue weighted by Gasteiger charge is -2.34. The first-order valence-electron chi connectivity index (χ1n) is 8.96. The quantitative estimate of drug-likeness (QED) is 0.522. The summed E-state index contributed by atoms with van der Waals surface area (Å²) in [5.41, 5.74) is 3.88. The number of carbonyl (C=O) groups is 1. The lowest BCUT2D eigenvalue weighted by Crippen LogP contribution is -2.48. The molecule has 1 amide bonds. The smallest absolute Gasteiger partial charge is 0.254 e. The van der Waals surface area contributed by atoms with Gasteiger partial charge in [0, 0.05) is 47.8 Å². The molecule has 0 radical (unpaired) electrons. The minimum atomic E-state index is -0.393. The van der Waals surface area contributed by atoms with Crippen LogP contribution in [0.1, 0.15) is 11.1 Å². The Balaban J connectivity index is 1.42. The van der Waals surface area contributed by atoms with Crippen molar-refractivity contribution in [2.24, 2.45) is 5.10 Å². The van der Waals surface area contributed by atoms with Crippen LogP contribution in [-0.2, 0) is 11.3 Å². The van der Waals surface area contributed by atoms with E-state index in [-0.39, 0.29) is 12.5 Å². The number of hydrogen-bond acceptors (Lipinski definition) is 4. The van der Waals surface area contributed by atoms with E-state index < -0.39 is 5.82 Å². The standard InChI is InChI=1S/C20H21BrClFN4O/c21-17-5-6-19(23)16(11-17)12-24-25-20(28)14-27-9-7-26(8-10-27)13-15-3-1-2-4-18(15)22/h1-6,11-12H,7-10,13-14H2,(H,25,28)/b24-12-. The molecule has 1 aliphatic rings. The average Bonchev–Trinajstić information content (AvgIpc) is 2.68. The van der Waals surface area contributed by atoms with Gasteiger partial charge in [-0.15, -0.1) is 0 Å². The molecule has 1 heterocycles. The molecule has 0 bridgehead atoms. The monoisotopic (exact) mass is 466 g/mol. The molecule has 5 nitrogen and oxygen atoms in total. The molecule has 0 unspecified atom stereocenters. The first-order chi connectivity index (χ1) is 13.5. The van der Waals surface area contributed by atoms with Crippen LogP contribution < -0.4 is 5.43 Å². The van der Waals surface area contributed by atoms with Gasteiger partial charge in [-0.05, 0) is 29.8 Å². The Morgan fingerprint density at radius 3 is 2.64 bits per heavy atom. The van der Waals surface area contributed by atoms with Crippen LogP contribution >= 0.6 is 27.5 Å². The predicted octanol–water partition coefficient (Wildman–Crippen LogP) is 3.51. The lowest BCUT2D eigenvalue weighted by atomic mass is 10.2. The highest BCUT2D eigenvalue weighted by Gasteiger charge is 2.19. The van der Waals surface area contributed by atoms with E-state index in [4.69, 9.17) is 11.6 Å². The van der Waals surface area contributed by atoms with Gasteiger partial charge in [-0.25, -0.2) is 9.82 Å². The molecule has 2 aromatic rings. The number of amides is 1. The molecule has 1 aliphatic heterocycles. The first kappa shape index (κ1) is 20.9. The molecule has 0 saturated carbocycles. The average molecular weight is 468 g/mol. The Morgan fingerprint density at radius 1 is 1.18 bits per heavy atom. The molecule has 8 heteroatoms. The van der Waals surface area contributed by atoms with Crippen molar-refractivity contribution < 1.29 is 9.18 Å². The van der Waals surface area contributed by atoms with Gasteiger partial charge in [0.2, 0.25) is 0 Å². The number of halogens is 3. The van der Waals surface area contributed by atoms with E-state index in [1.807, 2.05) is 24.3 Å². The number of carbonyl (C=O) groups excluding carboxylic acids is 1. The van der Waals surface area contributed by atoms with Gasteiger partial charge >= 0.3 is 0 Å². The fraction of sp³-hybridized carbons (Fsp3) is 0.300. The molecular weight excluding hydrogens is 447 g/mol. The molecule has 3 rings (SSSR count). The van der Waals surface area contributed by atoms with E-state index in [1.165, 1.54) is 12.3 Å². The number of piperazine rings is 1. The lowest BCUT2D eigenvalue weighted by molar-refractivity contribution is -0.122. The Labute approximate surface area is 177 Å². The summed E-state index contributed by atoms with van der Waals surface area (Å²) < 4.78 is 14.4. The summed E-state index contributed by atoms with van der Waals surface area (Å²) in [6.07, 6.45) is 1.31. The van der Waals surface area contributed by atoms with Gasteiger partial charge < -0.3 is 0 Å². The van der Waals surface area contributed by atoms with E-state index >= 15 is 0 Å². The Morgan fingerprint density at radius 2 is 1.89 bits per heavy atom. The van der Waals surface area contributed by atoms with Crippen LogP contribution in [-0.4, -0.2) is 54.6 Å². The third kappa shape index (κ3) is 6.10. The summed E-state index contributed by atoms with van der Waals surface area (Å²) in [6.45, 7) is 4.39. The maximum atomic E-state index is 13.6. The minimum absolute atomic E-state index is 0.216. The van der Waals surface area contributed by atoms with Crippen molar-refractivity contribution in [1.82, 2.24) is 15.2 Å². The summed E-state index contributed by atoms with van der Waals surface area (Å²) >= 11 is 9.50. The number of nitrogens with zero attached hydrogens (tertiary/aromatic N) is 3. The van der Waals surface area contributed by atoms with Gasteiger partial charge in [0.1, 0.15) is 5.82 Å². The second kappa shape index (κ2) is 10.1. The van der Waals surface area contributed by atoms with Crippen molar-refractivity contribution in [3.63, 3.8) is 0 Å². The normalized spacial score (nSPS) is 15.8. The van der Waals surface area contributed by atoms with Crippen LogP contribution in [0.25, 0.3) is 0 Å². The van der Waals surface area contributed by atoms with Gasteiger partial charge in [-0.2, -0.15) is 5.10 Å². The van der Waals surface area contributed by atoms with E-state index in [9.17, 15) is 9.18 Å². The van der Waals surface area contributed by atoms with Crippen LogP contribution in [0.3, 0.4) is 0 Å². The zero-order chi connectivity index (χ0) is 19.9. The number of hydrazone groups is 1. The van der Waals surface area contributed by atoms with Crippen molar-refractivity contribution in [2.45, 2.75) is 6.54 Å². The van der Waals surface area contributed by atoms with E-state index in [0.29, 0.717) is 5.56 Å². The van der Waals surface area contributed by atoms with Crippen LogP contribution in [0.5, 0.6) is 0 Å². The van der Waals surface area contributed by atoms with Gasteiger partial charge in [0.15, 0.2) is 0 Å². The summed E-state index contributed by atoms with van der Waals surface area (Å²) in [5, 5.41) is 4.63. The van der Waals surface area contributed by atoms with Gasteiger partial charge in [-0.3, -0.25) is 14.6 Å². The molecule has 1 saturated heterocycles. The van der Waals surface area contributed by atoms with Crippen molar-refractivity contribution in [3.05, 3.63) is 68.9 Å². The number of benzene rings is 2. The highest BCUT2D eigenvalue weighted by Crippen LogP contribution is 2.18. The summed E-state index contributed by atoms with van der Waals surface area (Å²) in [4.78, 5) is 16.5. The zero-order valence-corrected chi connectivity index (χ0v) is 17.6. The van der Waals surface area contributed by atoms with Crippen molar-refractivity contribution in [3.8, 4) is 0 Å². The minimum Gasteiger partial charge on any atom is -0.296 e. The van der Waals surface area contributed by atoms with Gasteiger partial charge in [0.25, 0.3) is 5.91 Å². The second-order valence-electron chi connectivity index (χ2n) is 6.60. The largest absolute Gasteiger partial charge is 0.296 e. The summed E-state index contributed by atoms with van der Waals surface area (Å²) in [6, 6.07) is 12.4. The second-order valence-corrected chi connectivity index (χ2v) is 7.93. The number of nitrogens with one attached hydrogen (secondary N) is 1. The molecule has 0 aliphatic carbocycles. The fourth-order valence-corrected chi connectivity index (χ4v) is 3.57. The summed E-state index contributed by atoms with van der Waals surface area (Å²) in [5.74, 6) is -0.609. The Kier molecular flexibility index (Phi) is 7.56. The topological polar surface area (TPSA) is 47.9 Å². The van der Waals surface area contributed by atoms with Crippen LogP contribution in [0.4, 0.5) is 4.39 Å². The molecule has 0 spiro atoms. The zero-order valence-electron chi connectivity index (χ0n) is 15.2. The molecule has 2 aromatic carbocycles. The molecule has 1 N–H and O–H groups in total. The fourth-order valence-electron chi connectivity index (χ4n) is 3.00. The van der Waals surface area contributed by atoms with Crippen molar-refractivity contribution in [1.29, 1.82) is 0 Å². The van der Waals surface area contributed by atoms with Gasteiger partial charge in [-0.1, -0.05) is 45.7 Å². The Bertz CT molecular complexity index is 856. The maximum absolute atomic E-state index is 13.6. The van der Waals surface area contributed by atoms with Crippen molar-refractivity contribution >= 4 is 39.7 Å². The predicted molar refractivity (Wildman–Crippen MR) is 113 cm³/mol. The first-order valence-corrected chi connectivity index (χ1v) is 10.1. The van der Waals surface area contributed by atoms with E-state index in [0.717, 1.165) is 47.8 Å². The Hall–Kier alpha value is -1.80. The number of rotatable bonds is 6. The van der Waals surface area contributed by atoms with Crippen LogP contribution in [0.15, 0.2) is 52.0 Å². The third-order valence-corrected chi connectivity index (χ3v) is 5.40. The SMILES string of the molecule is O=C(CN1CCN(Cc2ccccc2Cl)CC1)N/N=C\c1cc(Br)ccc1F. The molecule has 0 atom stereocenters. The van der Waals surface area contributed by atoms with Crippen LogP contribution in [0.2, 0.25) is 5.02 Å². The van der Waals surface area contributed by atoms with Crippen LogP contribution in [0, 0.1) is 5.82 Å². The van der Waals surface area contributed by atoms with E-state index in [2.05, 4.69) is 36.3 Å². The molecule has 28 heavy (non-hydrogen) atoms. The van der Waals surface area contributed by atoms with Crippen molar-refractivity contribution in [2.75, 3.05) is 32.7 Å². The maximum Gasteiger partial charge on any atom is 0.254 e. The third-order valence-electron chi connectivity index (χ3n) is 4.53. The molecule has 1 fully saturated rings. The highest BCUT2D eigenvalue weighted by molar-refractivity contribution is 9.10. The molecule has 148 valence electrons. The summed E-state index contributed by atoms with van der Waals surface area (Å²) in [7, 11) is 0. The van der Waals surface area contributed by atoms with Gasteiger partial charge in [0.05, 0.1) is 12.8 Å². The van der Waals surface area contributed by atoms with E-state index in [1.54, 1.807) is 12.1 Å².